The third kappa shape index (κ3) is 5.66. The molecule has 0 atom stereocenters. The molecule has 3 aromatic rings. The van der Waals surface area contributed by atoms with Crippen molar-refractivity contribution in [3.05, 3.63) is 59.9 Å². The summed E-state index contributed by atoms with van der Waals surface area (Å²) in [6.07, 6.45) is 2.51. The van der Waals surface area contributed by atoms with Crippen LogP contribution < -0.4 is 5.32 Å². The fourth-order valence-corrected chi connectivity index (χ4v) is 3.95. The number of rotatable bonds is 6. The van der Waals surface area contributed by atoms with Crippen molar-refractivity contribution in [2.75, 3.05) is 31.5 Å². The van der Waals surface area contributed by atoms with Crippen LogP contribution >= 0.6 is 34.8 Å². The van der Waals surface area contributed by atoms with Crippen molar-refractivity contribution in [2.45, 2.75) is 23.6 Å². The molecule has 1 N–H and O–H groups in total. The van der Waals surface area contributed by atoms with Crippen LogP contribution in [0.5, 0.6) is 0 Å². The highest BCUT2D eigenvalue weighted by molar-refractivity contribution is 6.66. The van der Waals surface area contributed by atoms with Crippen LogP contribution in [0.2, 0.25) is 0 Å². The molecule has 0 radical (unpaired) electrons. The van der Waals surface area contributed by atoms with Crippen molar-refractivity contribution < 1.29 is 0 Å². The van der Waals surface area contributed by atoms with Crippen molar-refractivity contribution in [1.82, 2.24) is 19.9 Å². The monoisotopic (exact) mass is 475 g/mol. The van der Waals surface area contributed by atoms with E-state index < -0.39 is 3.79 Å². The summed E-state index contributed by atoms with van der Waals surface area (Å²) in [5.74, 6) is 0.977. The Kier molecular flexibility index (Phi) is 6.97. The van der Waals surface area contributed by atoms with Crippen LogP contribution in [-0.4, -0.2) is 46.0 Å². The van der Waals surface area contributed by atoms with Crippen molar-refractivity contribution in [3.8, 4) is 22.5 Å². The zero-order valence-corrected chi connectivity index (χ0v) is 19.6. The van der Waals surface area contributed by atoms with E-state index in [1.165, 1.54) is 18.4 Å². The number of hydrogen-bond acceptors (Lipinski definition) is 5. The Bertz CT molecular complexity index is 1030. The maximum atomic E-state index is 6.14. The van der Waals surface area contributed by atoms with Crippen LogP contribution in [0, 0.1) is 6.92 Å². The number of nitrogens with zero attached hydrogens (tertiary/aromatic N) is 4. The molecule has 0 unspecified atom stereocenters. The van der Waals surface area contributed by atoms with E-state index >= 15 is 0 Å². The van der Waals surface area contributed by atoms with Crippen molar-refractivity contribution in [1.29, 1.82) is 0 Å². The first-order valence-electron chi connectivity index (χ1n) is 10.4. The molecule has 0 spiro atoms. The van der Waals surface area contributed by atoms with Gasteiger partial charge in [0.05, 0.1) is 0 Å². The summed E-state index contributed by atoms with van der Waals surface area (Å²) in [5, 5.41) is 3.28. The van der Waals surface area contributed by atoms with Gasteiger partial charge >= 0.3 is 0 Å². The van der Waals surface area contributed by atoms with E-state index in [1.807, 2.05) is 24.3 Å². The Morgan fingerprint density at radius 2 is 1.58 bits per heavy atom. The van der Waals surface area contributed by atoms with E-state index in [0.29, 0.717) is 18.3 Å². The quantitative estimate of drug-likeness (QED) is 0.452. The lowest BCUT2D eigenvalue weighted by Gasteiger charge is -2.17. The Hall–Kier alpha value is -1.92. The highest BCUT2D eigenvalue weighted by Crippen LogP contribution is 2.38. The molecule has 1 saturated heterocycles. The second-order valence-corrected chi connectivity index (χ2v) is 9.97. The van der Waals surface area contributed by atoms with Gasteiger partial charge in [-0.2, -0.15) is 9.97 Å². The lowest BCUT2D eigenvalue weighted by molar-refractivity contribution is 0.352. The number of aromatic nitrogens is 3. The van der Waals surface area contributed by atoms with Crippen LogP contribution in [0.1, 0.15) is 24.2 Å². The lowest BCUT2D eigenvalue weighted by Crippen LogP contribution is -2.26. The molecule has 2 heterocycles. The summed E-state index contributed by atoms with van der Waals surface area (Å²) in [5.41, 5.74) is 4.13. The van der Waals surface area contributed by atoms with Gasteiger partial charge in [-0.1, -0.05) is 88.9 Å². The third-order valence-corrected chi connectivity index (χ3v) is 5.84. The second-order valence-electron chi connectivity index (χ2n) is 7.69. The minimum Gasteiger partial charge on any atom is -0.353 e. The largest absolute Gasteiger partial charge is 0.353 e. The fraction of sp³-hybridized carbons (Fsp3) is 0.348. The fourth-order valence-electron chi connectivity index (χ4n) is 3.70. The summed E-state index contributed by atoms with van der Waals surface area (Å²) in [4.78, 5) is 15.9. The molecule has 162 valence electrons. The minimum absolute atomic E-state index is 0.102. The van der Waals surface area contributed by atoms with Crippen molar-refractivity contribution in [2.24, 2.45) is 0 Å². The third-order valence-electron chi connectivity index (χ3n) is 5.33. The van der Waals surface area contributed by atoms with E-state index in [4.69, 9.17) is 34.8 Å². The van der Waals surface area contributed by atoms with Crippen molar-refractivity contribution in [3.63, 3.8) is 0 Å². The SMILES string of the molecule is Cc1ccc(-c2ccccc2-c2nc(NCCN3CCCC3)nc(C(Cl)(Cl)Cl)n2)cc1. The molecule has 8 heteroatoms. The second kappa shape index (κ2) is 9.70. The molecule has 0 saturated carbocycles. The Labute approximate surface area is 197 Å². The van der Waals surface area contributed by atoms with Gasteiger partial charge in [0, 0.05) is 18.7 Å². The van der Waals surface area contributed by atoms with Gasteiger partial charge < -0.3 is 10.2 Å². The Morgan fingerprint density at radius 1 is 0.903 bits per heavy atom. The Morgan fingerprint density at radius 3 is 2.26 bits per heavy atom. The van der Waals surface area contributed by atoms with E-state index in [2.05, 4.69) is 56.4 Å². The number of benzene rings is 2. The Balaban J connectivity index is 1.68. The maximum absolute atomic E-state index is 6.14. The molecule has 5 nitrogen and oxygen atoms in total. The average molecular weight is 477 g/mol. The van der Waals surface area contributed by atoms with Gasteiger partial charge in [-0.05, 0) is 44.0 Å². The first-order chi connectivity index (χ1) is 14.9. The predicted octanol–water partition coefficient (Wildman–Crippen LogP) is 5.85. The zero-order valence-electron chi connectivity index (χ0n) is 17.3. The summed E-state index contributed by atoms with van der Waals surface area (Å²) >= 11 is 18.4. The summed E-state index contributed by atoms with van der Waals surface area (Å²) in [6, 6.07) is 16.3. The number of aryl methyl sites for hydroxylation is 1. The minimum atomic E-state index is -1.75. The normalized spacial score (nSPS) is 14.7. The first-order valence-corrected chi connectivity index (χ1v) is 11.5. The molecule has 1 aliphatic heterocycles. The molecule has 1 aromatic heterocycles. The number of halogens is 3. The lowest BCUT2D eigenvalue weighted by atomic mass is 9.98. The van der Waals surface area contributed by atoms with E-state index in [1.54, 1.807) is 0 Å². The van der Waals surface area contributed by atoms with Gasteiger partial charge in [0.1, 0.15) is 0 Å². The van der Waals surface area contributed by atoms with Crippen LogP contribution in [-0.2, 0) is 3.79 Å². The number of nitrogens with one attached hydrogen (secondary N) is 1. The van der Waals surface area contributed by atoms with E-state index in [-0.39, 0.29) is 5.82 Å². The highest BCUT2D eigenvalue weighted by Gasteiger charge is 2.29. The van der Waals surface area contributed by atoms with Crippen molar-refractivity contribution >= 4 is 40.8 Å². The number of hydrogen-bond donors (Lipinski definition) is 1. The van der Waals surface area contributed by atoms with Gasteiger partial charge in [0.15, 0.2) is 11.6 Å². The predicted molar refractivity (Wildman–Crippen MR) is 129 cm³/mol. The molecular weight excluding hydrogens is 453 g/mol. The molecular formula is C23H24Cl3N5. The molecule has 1 aliphatic rings. The number of alkyl halides is 3. The summed E-state index contributed by atoms with van der Waals surface area (Å²) in [7, 11) is 0. The molecule has 1 fully saturated rings. The average Bonchev–Trinajstić information content (AvgIpc) is 3.27. The summed E-state index contributed by atoms with van der Waals surface area (Å²) in [6.45, 7) is 5.96. The van der Waals surface area contributed by atoms with Crippen LogP contribution in [0.3, 0.4) is 0 Å². The molecule has 0 bridgehead atoms. The van der Waals surface area contributed by atoms with Crippen LogP contribution in [0.25, 0.3) is 22.5 Å². The molecule has 2 aromatic carbocycles. The van der Waals surface area contributed by atoms with Gasteiger partial charge in [0.2, 0.25) is 9.74 Å². The van der Waals surface area contributed by atoms with Crippen LogP contribution in [0.15, 0.2) is 48.5 Å². The first kappa shape index (κ1) is 22.3. The molecule has 4 rings (SSSR count). The topological polar surface area (TPSA) is 53.9 Å². The maximum Gasteiger partial charge on any atom is 0.250 e. The summed E-state index contributed by atoms with van der Waals surface area (Å²) < 4.78 is -1.75. The van der Waals surface area contributed by atoms with Gasteiger partial charge in [-0.3, -0.25) is 0 Å². The highest BCUT2D eigenvalue weighted by atomic mass is 35.6. The van der Waals surface area contributed by atoms with Gasteiger partial charge in [-0.15, -0.1) is 0 Å². The molecule has 0 amide bonds. The van der Waals surface area contributed by atoms with Crippen LogP contribution in [0.4, 0.5) is 5.95 Å². The molecule has 31 heavy (non-hydrogen) atoms. The van der Waals surface area contributed by atoms with E-state index in [0.717, 1.165) is 36.3 Å². The zero-order chi connectivity index (χ0) is 21.8. The van der Waals surface area contributed by atoms with Gasteiger partial charge in [-0.25, -0.2) is 4.98 Å². The standard InChI is InChI=1S/C23H24Cl3N5/c1-16-8-10-17(11-9-16)18-6-2-3-7-19(18)20-28-21(23(24,25)26)30-22(29-20)27-12-15-31-13-4-5-14-31/h2-3,6-11H,4-5,12-15H2,1H3,(H,27,28,29,30). The smallest absolute Gasteiger partial charge is 0.250 e. The van der Waals surface area contributed by atoms with E-state index in [9.17, 15) is 0 Å². The molecule has 0 aliphatic carbocycles. The number of anilines is 1. The van der Waals surface area contributed by atoms with Gasteiger partial charge in [0.25, 0.3) is 0 Å². The number of likely N-dealkylation sites (tertiary alicyclic amines) is 1.